The van der Waals surface area contributed by atoms with Crippen LogP contribution < -0.4 is 0 Å². The summed E-state index contributed by atoms with van der Waals surface area (Å²) in [6.45, 7) is 3.37. The van der Waals surface area contributed by atoms with E-state index in [9.17, 15) is 13.2 Å². The molecule has 1 saturated heterocycles. The Kier molecular flexibility index (Phi) is 5.30. The zero-order chi connectivity index (χ0) is 16.2. The maximum Gasteiger partial charge on any atom is 0.311 e. The fourth-order valence-electron chi connectivity index (χ4n) is 2.20. The number of carbonyl (C=O) groups is 1. The van der Waals surface area contributed by atoms with Gasteiger partial charge in [0.25, 0.3) is 0 Å². The molecule has 0 aliphatic carbocycles. The Balaban J connectivity index is 2.02. The molecule has 0 saturated carbocycles. The largest absolute Gasteiger partial charge is 0.417 e. The molecule has 1 amide bonds. The van der Waals surface area contributed by atoms with E-state index in [-0.39, 0.29) is 18.3 Å². The molecule has 0 atom stereocenters. The van der Waals surface area contributed by atoms with Gasteiger partial charge < -0.3 is 9.32 Å². The number of aromatic nitrogens is 2. The lowest BCUT2D eigenvalue weighted by Crippen LogP contribution is -2.37. The van der Waals surface area contributed by atoms with E-state index in [2.05, 4.69) is 10.2 Å². The second kappa shape index (κ2) is 7.01. The van der Waals surface area contributed by atoms with Gasteiger partial charge in [-0.1, -0.05) is 12.2 Å². The Morgan fingerprint density at radius 2 is 2.05 bits per heavy atom. The van der Waals surface area contributed by atoms with Crippen molar-refractivity contribution in [1.29, 1.82) is 0 Å². The Bertz CT molecular complexity index is 653. The molecule has 122 valence electrons. The number of hydrogen-bond donors (Lipinski definition) is 0. The van der Waals surface area contributed by atoms with Crippen LogP contribution in [0.1, 0.15) is 29.9 Å². The van der Waals surface area contributed by atoms with Crippen molar-refractivity contribution in [2.24, 2.45) is 0 Å². The number of rotatable bonds is 4. The molecule has 22 heavy (non-hydrogen) atoms. The molecular weight excluding hydrogens is 308 g/mol. The Labute approximate surface area is 129 Å². The van der Waals surface area contributed by atoms with Gasteiger partial charge in [-0.05, 0) is 13.3 Å². The van der Waals surface area contributed by atoms with Crippen LogP contribution in [0.4, 0.5) is 0 Å². The van der Waals surface area contributed by atoms with Gasteiger partial charge in [0.15, 0.2) is 0 Å². The Morgan fingerprint density at radius 1 is 1.27 bits per heavy atom. The minimum Gasteiger partial charge on any atom is -0.417 e. The zero-order valence-electron chi connectivity index (χ0n) is 12.7. The average Bonchev–Trinajstić information content (AvgIpc) is 2.78. The molecule has 1 fully saturated rings. The van der Waals surface area contributed by atoms with Crippen molar-refractivity contribution in [2.45, 2.75) is 19.8 Å². The fraction of sp³-hybridized carbons (Fsp3) is 0.615. The molecule has 0 aromatic carbocycles. The van der Waals surface area contributed by atoms with Crippen molar-refractivity contribution in [3.05, 3.63) is 23.9 Å². The fourth-order valence-corrected chi connectivity index (χ4v) is 3.08. The van der Waals surface area contributed by atoms with Crippen LogP contribution in [-0.4, -0.2) is 66.2 Å². The summed E-state index contributed by atoms with van der Waals surface area (Å²) in [6, 6.07) is 0. The summed E-state index contributed by atoms with van der Waals surface area (Å²) in [5.74, 6) is -0.0177. The lowest BCUT2D eigenvalue weighted by Gasteiger charge is -2.19. The van der Waals surface area contributed by atoms with Gasteiger partial charge in [0.05, 0.1) is 6.26 Å². The molecule has 1 aromatic heterocycles. The first-order valence-electron chi connectivity index (χ1n) is 7.09. The Morgan fingerprint density at radius 3 is 2.73 bits per heavy atom. The van der Waals surface area contributed by atoms with Crippen molar-refractivity contribution >= 4 is 15.9 Å². The second-order valence-corrected chi connectivity index (χ2v) is 7.06. The minimum atomic E-state index is -3.23. The number of nitrogens with zero attached hydrogens (tertiary/aromatic N) is 4. The predicted octanol–water partition coefficient (Wildman–Crippen LogP) is 0.296. The van der Waals surface area contributed by atoms with Crippen molar-refractivity contribution < 1.29 is 17.6 Å². The molecule has 1 aliphatic heterocycles. The van der Waals surface area contributed by atoms with Gasteiger partial charge in [-0.25, -0.2) is 12.7 Å². The normalized spacial score (nSPS) is 17.8. The monoisotopic (exact) mass is 328 g/mol. The van der Waals surface area contributed by atoms with E-state index in [1.54, 1.807) is 4.90 Å². The number of sulfonamides is 1. The van der Waals surface area contributed by atoms with E-state index < -0.39 is 10.0 Å². The van der Waals surface area contributed by atoms with E-state index >= 15 is 0 Å². The first-order valence-corrected chi connectivity index (χ1v) is 8.94. The average molecular weight is 328 g/mol. The van der Waals surface area contributed by atoms with Crippen LogP contribution in [0.3, 0.4) is 0 Å². The maximum absolute atomic E-state index is 12.3. The van der Waals surface area contributed by atoms with E-state index in [1.165, 1.54) is 10.6 Å². The summed E-state index contributed by atoms with van der Waals surface area (Å²) in [5.41, 5.74) is 0. The Hall–Kier alpha value is -1.74. The van der Waals surface area contributed by atoms with E-state index in [4.69, 9.17) is 4.42 Å². The molecule has 1 aromatic rings. The van der Waals surface area contributed by atoms with Crippen LogP contribution in [0.2, 0.25) is 0 Å². The molecular formula is C13H20N4O4S. The molecule has 0 spiro atoms. The highest BCUT2D eigenvalue weighted by molar-refractivity contribution is 7.88. The number of carbonyl (C=O) groups excluding carboxylic acids is 1. The van der Waals surface area contributed by atoms with E-state index in [0.29, 0.717) is 38.4 Å². The SMILES string of the molecule is C/C=C/Cc1nnc(C(=O)N2CCCN(S(C)(=O)=O)CC2)o1. The van der Waals surface area contributed by atoms with Gasteiger partial charge >= 0.3 is 11.8 Å². The highest BCUT2D eigenvalue weighted by Crippen LogP contribution is 2.11. The summed E-state index contributed by atoms with van der Waals surface area (Å²) < 4.78 is 29.8. The maximum atomic E-state index is 12.3. The molecule has 2 rings (SSSR count). The number of hydrogen-bond acceptors (Lipinski definition) is 6. The summed E-state index contributed by atoms with van der Waals surface area (Å²) in [7, 11) is -3.23. The van der Waals surface area contributed by atoms with Crippen molar-refractivity contribution in [1.82, 2.24) is 19.4 Å². The molecule has 0 N–H and O–H groups in total. The highest BCUT2D eigenvalue weighted by Gasteiger charge is 2.27. The first-order chi connectivity index (χ1) is 10.4. The topological polar surface area (TPSA) is 96.6 Å². The lowest BCUT2D eigenvalue weighted by atomic mass is 10.4. The standard InChI is InChI=1S/C13H20N4O4S/c1-3-4-6-11-14-15-12(21-11)13(18)16-7-5-8-17(10-9-16)22(2,19)20/h3-4H,5-10H2,1-2H3/b4-3+. The van der Waals surface area contributed by atoms with Crippen LogP contribution in [0.5, 0.6) is 0 Å². The third-order valence-corrected chi connectivity index (χ3v) is 4.69. The molecule has 0 radical (unpaired) electrons. The number of amides is 1. The summed E-state index contributed by atoms with van der Waals surface area (Å²) in [5, 5.41) is 7.59. The van der Waals surface area contributed by atoms with Gasteiger partial charge in [0, 0.05) is 32.6 Å². The van der Waals surface area contributed by atoms with Crippen molar-refractivity contribution in [3.63, 3.8) is 0 Å². The first kappa shape index (κ1) is 16.6. The van der Waals surface area contributed by atoms with Crippen LogP contribution in [-0.2, 0) is 16.4 Å². The lowest BCUT2D eigenvalue weighted by molar-refractivity contribution is 0.0722. The van der Waals surface area contributed by atoms with Gasteiger partial charge in [0.2, 0.25) is 15.9 Å². The molecule has 0 unspecified atom stereocenters. The van der Waals surface area contributed by atoms with E-state index in [1.807, 2.05) is 19.1 Å². The molecule has 0 bridgehead atoms. The smallest absolute Gasteiger partial charge is 0.311 e. The number of allylic oxidation sites excluding steroid dienone is 2. The van der Waals surface area contributed by atoms with Crippen LogP contribution in [0, 0.1) is 0 Å². The second-order valence-electron chi connectivity index (χ2n) is 5.08. The van der Waals surface area contributed by atoms with Gasteiger partial charge in [-0.2, -0.15) is 0 Å². The minimum absolute atomic E-state index is 0.0488. The van der Waals surface area contributed by atoms with Crippen LogP contribution >= 0.6 is 0 Å². The molecule has 2 heterocycles. The van der Waals surface area contributed by atoms with E-state index in [0.717, 1.165) is 0 Å². The van der Waals surface area contributed by atoms with Gasteiger partial charge in [-0.3, -0.25) is 4.79 Å². The summed E-state index contributed by atoms with van der Waals surface area (Å²) in [6.07, 6.45) is 5.96. The third kappa shape index (κ3) is 4.14. The third-order valence-electron chi connectivity index (χ3n) is 3.39. The molecule has 1 aliphatic rings. The van der Waals surface area contributed by atoms with Crippen LogP contribution in [0.25, 0.3) is 0 Å². The predicted molar refractivity (Wildman–Crippen MR) is 79.8 cm³/mol. The van der Waals surface area contributed by atoms with Gasteiger partial charge in [-0.15, -0.1) is 10.2 Å². The summed E-state index contributed by atoms with van der Waals surface area (Å²) in [4.78, 5) is 13.9. The molecule has 9 heteroatoms. The van der Waals surface area contributed by atoms with Gasteiger partial charge in [0.1, 0.15) is 0 Å². The highest BCUT2D eigenvalue weighted by atomic mass is 32.2. The van der Waals surface area contributed by atoms with Crippen LogP contribution in [0.15, 0.2) is 16.6 Å². The zero-order valence-corrected chi connectivity index (χ0v) is 13.5. The van der Waals surface area contributed by atoms with Crippen molar-refractivity contribution in [2.75, 3.05) is 32.4 Å². The quantitative estimate of drug-likeness (QED) is 0.737. The molecule has 8 nitrogen and oxygen atoms in total. The van der Waals surface area contributed by atoms with Crippen molar-refractivity contribution in [3.8, 4) is 0 Å². The summed E-state index contributed by atoms with van der Waals surface area (Å²) >= 11 is 0.